The van der Waals surface area contributed by atoms with E-state index in [-0.39, 0.29) is 36.4 Å². The van der Waals surface area contributed by atoms with Crippen LogP contribution < -0.4 is 9.47 Å². The highest BCUT2D eigenvalue weighted by Crippen LogP contribution is 2.12. The summed E-state index contributed by atoms with van der Waals surface area (Å²) in [4.78, 5) is 4.82. The van der Waals surface area contributed by atoms with E-state index >= 15 is 0 Å². The van der Waals surface area contributed by atoms with E-state index in [0.717, 1.165) is 45.7 Å². The second-order valence-corrected chi connectivity index (χ2v) is 6.64. The van der Waals surface area contributed by atoms with Crippen LogP contribution in [0, 0.1) is 11.6 Å². The van der Waals surface area contributed by atoms with Crippen LogP contribution in [0.4, 0.5) is 8.78 Å². The number of benzene rings is 2. The fourth-order valence-corrected chi connectivity index (χ4v) is 3.07. The molecule has 0 unspecified atom stereocenters. The van der Waals surface area contributed by atoms with E-state index in [9.17, 15) is 8.78 Å². The third kappa shape index (κ3) is 9.17. The minimum absolute atomic E-state index is 0. The summed E-state index contributed by atoms with van der Waals surface area (Å²) in [6.45, 7) is 7.23. The van der Waals surface area contributed by atoms with Crippen LogP contribution in [0.2, 0.25) is 0 Å². The van der Waals surface area contributed by atoms with Gasteiger partial charge in [-0.2, -0.15) is 0 Å². The van der Waals surface area contributed by atoms with E-state index in [2.05, 4.69) is 9.80 Å². The van der Waals surface area contributed by atoms with Crippen LogP contribution >= 0.6 is 24.8 Å². The SMILES string of the molecule is Cl.Cl.Fc1ccc(OCCCN2CCN(CCOc3ccc(F)cc3)CC2)cc1. The number of ether oxygens (including phenoxy) is 2. The molecule has 8 heteroatoms. The Labute approximate surface area is 183 Å². The summed E-state index contributed by atoms with van der Waals surface area (Å²) >= 11 is 0. The number of hydrogen-bond donors (Lipinski definition) is 0. The summed E-state index contributed by atoms with van der Waals surface area (Å²) in [5.74, 6) is 0.920. The van der Waals surface area contributed by atoms with E-state index in [1.807, 2.05) is 0 Å². The molecule has 1 heterocycles. The van der Waals surface area contributed by atoms with Crippen molar-refractivity contribution in [1.82, 2.24) is 9.80 Å². The normalized spacial score (nSPS) is 14.6. The van der Waals surface area contributed by atoms with E-state index in [4.69, 9.17) is 9.47 Å². The van der Waals surface area contributed by atoms with Gasteiger partial charge in [-0.05, 0) is 55.0 Å². The van der Waals surface area contributed by atoms with Crippen LogP contribution in [0.3, 0.4) is 0 Å². The summed E-state index contributed by atoms with van der Waals surface area (Å²) in [5.41, 5.74) is 0. The first-order valence-corrected chi connectivity index (χ1v) is 9.40. The number of hydrogen-bond acceptors (Lipinski definition) is 4. The molecule has 1 fully saturated rings. The first kappa shape index (κ1) is 25.4. The van der Waals surface area contributed by atoms with Gasteiger partial charge in [-0.25, -0.2) is 8.78 Å². The summed E-state index contributed by atoms with van der Waals surface area (Å²) in [7, 11) is 0. The highest BCUT2D eigenvalue weighted by atomic mass is 35.5. The largest absolute Gasteiger partial charge is 0.494 e. The highest BCUT2D eigenvalue weighted by molar-refractivity contribution is 5.85. The van der Waals surface area contributed by atoms with Crippen LogP contribution in [0.15, 0.2) is 48.5 Å². The molecule has 0 N–H and O–H groups in total. The first-order valence-electron chi connectivity index (χ1n) is 9.40. The van der Waals surface area contributed by atoms with Gasteiger partial charge in [0.2, 0.25) is 0 Å². The molecule has 3 rings (SSSR count). The van der Waals surface area contributed by atoms with Gasteiger partial charge in [0.1, 0.15) is 29.7 Å². The molecule has 2 aromatic carbocycles. The van der Waals surface area contributed by atoms with Crippen LogP contribution in [-0.2, 0) is 0 Å². The molecular weight excluding hydrogens is 421 g/mol. The average Bonchev–Trinajstić information content (AvgIpc) is 2.69. The van der Waals surface area contributed by atoms with Gasteiger partial charge in [-0.3, -0.25) is 4.90 Å². The fourth-order valence-electron chi connectivity index (χ4n) is 3.07. The molecule has 1 aliphatic heterocycles. The molecular formula is C21H28Cl2F2N2O2. The number of rotatable bonds is 9. The fraction of sp³-hybridized carbons (Fsp3) is 0.429. The van der Waals surface area contributed by atoms with E-state index in [0.29, 0.717) is 24.7 Å². The van der Waals surface area contributed by atoms with Crippen molar-refractivity contribution in [3.63, 3.8) is 0 Å². The summed E-state index contributed by atoms with van der Waals surface area (Å²) in [6, 6.07) is 12.3. The molecule has 0 aliphatic carbocycles. The third-order valence-corrected chi connectivity index (χ3v) is 4.66. The van der Waals surface area contributed by atoms with Crippen molar-refractivity contribution in [1.29, 1.82) is 0 Å². The van der Waals surface area contributed by atoms with E-state index < -0.39 is 0 Å². The van der Waals surface area contributed by atoms with Crippen LogP contribution in [0.25, 0.3) is 0 Å². The zero-order valence-electron chi connectivity index (χ0n) is 16.3. The lowest BCUT2D eigenvalue weighted by atomic mass is 10.3. The number of piperazine rings is 1. The minimum atomic E-state index is -0.249. The van der Waals surface area contributed by atoms with Crippen molar-refractivity contribution in [2.75, 3.05) is 52.5 Å². The van der Waals surface area contributed by atoms with Gasteiger partial charge < -0.3 is 14.4 Å². The molecule has 2 aromatic rings. The molecule has 29 heavy (non-hydrogen) atoms. The van der Waals surface area contributed by atoms with Gasteiger partial charge in [0.25, 0.3) is 0 Å². The highest BCUT2D eigenvalue weighted by Gasteiger charge is 2.16. The summed E-state index contributed by atoms with van der Waals surface area (Å²) < 4.78 is 37.0. The maximum absolute atomic E-state index is 12.9. The van der Waals surface area contributed by atoms with Crippen molar-refractivity contribution >= 4 is 24.8 Å². The Bertz CT molecular complexity index is 682. The first-order chi connectivity index (χ1) is 13.2. The topological polar surface area (TPSA) is 24.9 Å². The molecule has 1 saturated heterocycles. The molecule has 0 amide bonds. The molecule has 0 bridgehead atoms. The van der Waals surface area contributed by atoms with Gasteiger partial charge in [-0.15, -0.1) is 24.8 Å². The predicted molar refractivity (Wildman–Crippen MR) is 116 cm³/mol. The van der Waals surface area contributed by atoms with Gasteiger partial charge in [0.05, 0.1) is 6.61 Å². The number of halogens is 4. The smallest absolute Gasteiger partial charge is 0.123 e. The van der Waals surface area contributed by atoms with Crippen LogP contribution in [0.1, 0.15) is 6.42 Å². The molecule has 4 nitrogen and oxygen atoms in total. The van der Waals surface area contributed by atoms with Crippen molar-refractivity contribution in [3.8, 4) is 11.5 Å². The quantitative estimate of drug-likeness (QED) is 0.534. The minimum Gasteiger partial charge on any atom is -0.494 e. The van der Waals surface area contributed by atoms with Gasteiger partial charge in [0, 0.05) is 39.3 Å². The van der Waals surface area contributed by atoms with Crippen molar-refractivity contribution in [2.24, 2.45) is 0 Å². The second kappa shape index (κ2) is 13.6. The van der Waals surface area contributed by atoms with E-state index in [1.54, 1.807) is 24.3 Å². The molecule has 1 aliphatic rings. The van der Waals surface area contributed by atoms with E-state index in [1.165, 1.54) is 24.3 Å². The molecule has 162 valence electrons. The Hall–Kier alpha value is -1.60. The zero-order valence-corrected chi connectivity index (χ0v) is 17.9. The molecule has 0 saturated carbocycles. The Balaban J connectivity index is 0.00000210. The standard InChI is InChI=1S/C21H26F2N2O2.2ClH/c22-18-2-6-20(7-3-18)26-16-1-10-24-11-13-25(14-12-24)15-17-27-21-8-4-19(23)5-9-21;;/h2-9H,1,10-17H2;2*1H. The lowest BCUT2D eigenvalue weighted by Gasteiger charge is -2.34. The lowest BCUT2D eigenvalue weighted by molar-refractivity contribution is 0.112. The maximum atomic E-state index is 12.9. The van der Waals surface area contributed by atoms with Crippen LogP contribution in [0.5, 0.6) is 11.5 Å². The monoisotopic (exact) mass is 448 g/mol. The Morgan fingerprint density at radius 3 is 1.52 bits per heavy atom. The summed E-state index contributed by atoms with van der Waals surface area (Å²) in [6.07, 6.45) is 0.949. The number of nitrogens with zero attached hydrogens (tertiary/aromatic N) is 2. The van der Waals surface area contributed by atoms with Gasteiger partial charge in [-0.1, -0.05) is 0 Å². The Morgan fingerprint density at radius 1 is 0.621 bits per heavy atom. The van der Waals surface area contributed by atoms with Gasteiger partial charge in [0.15, 0.2) is 0 Å². The van der Waals surface area contributed by atoms with Crippen molar-refractivity contribution < 1.29 is 18.3 Å². The molecule has 0 atom stereocenters. The van der Waals surface area contributed by atoms with Crippen LogP contribution in [-0.4, -0.2) is 62.3 Å². The summed E-state index contributed by atoms with van der Waals surface area (Å²) in [5, 5.41) is 0. The zero-order chi connectivity index (χ0) is 18.9. The van der Waals surface area contributed by atoms with Gasteiger partial charge >= 0.3 is 0 Å². The maximum Gasteiger partial charge on any atom is 0.123 e. The third-order valence-electron chi connectivity index (χ3n) is 4.66. The molecule has 0 spiro atoms. The average molecular weight is 449 g/mol. The Morgan fingerprint density at radius 2 is 1.03 bits per heavy atom. The van der Waals surface area contributed by atoms with Crippen molar-refractivity contribution in [2.45, 2.75) is 6.42 Å². The molecule has 0 radical (unpaired) electrons. The predicted octanol–water partition coefficient (Wildman–Crippen LogP) is 4.27. The second-order valence-electron chi connectivity index (χ2n) is 6.64. The van der Waals surface area contributed by atoms with Crippen molar-refractivity contribution in [3.05, 3.63) is 60.2 Å². The lowest BCUT2D eigenvalue weighted by Crippen LogP contribution is -2.47. The molecule has 0 aromatic heterocycles. The Kier molecular flexibility index (Phi) is 11.9.